The van der Waals surface area contributed by atoms with Crippen LogP contribution >= 0.6 is 11.6 Å². The van der Waals surface area contributed by atoms with Gasteiger partial charge in [0.1, 0.15) is 5.57 Å². The summed E-state index contributed by atoms with van der Waals surface area (Å²) in [5, 5.41) is 12.5. The molecule has 0 saturated carbocycles. The van der Waals surface area contributed by atoms with E-state index in [1.807, 2.05) is 0 Å². The number of hydrazine groups is 1. The number of anilines is 1. The summed E-state index contributed by atoms with van der Waals surface area (Å²) in [4.78, 5) is 35.6. The standard InChI is InChI=1S/C18H14ClN3O5/c1-2-27-16-11(8-12(19)10-15(16)22(25)26)9-14-17(23)20-21(18(14)24)13-6-4-3-5-7-13/h3-10H,2H2,1H3,(H,20,23)/b14-9-. The van der Waals surface area contributed by atoms with Crippen LogP contribution in [-0.2, 0) is 9.59 Å². The fraction of sp³-hybridized carbons (Fsp3) is 0.111. The lowest BCUT2D eigenvalue weighted by molar-refractivity contribution is -0.385. The minimum atomic E-state index is -0.633. The van der Waals surface area contributed by atoms with Gasteiger partial charge in [-0.1, -0.05) is 29.8 Å². The Kier molecular flexibility index (Phi) is 5.09. The highest BCUT2D eigenvalue weighted by atomic mass is 35.5. The molecule has 1 heterocycles. The molecule has 1 fully saturated rings. The monoisotopic (exact) mass is 387 g/mol. The molecule has 1 aliphatic heterocycles. The summed E-state index contributed by atoms with van der Waals surface area (Å²) >= 11 is 5.96. The molecular weight excluding hydrogens is 374 g/mol. The number of hydrogen-bond donors (Lipinski definition) is 1. The quantitative estimate of drug-likeness (QED) is 0.367. The molecule has 0 unspecified atom stereocenters. The van der Waals surface area contributed by atoms with Crippen molar-refractivity contribution in [2.24, 2.45) is 0 Å². The van der Waals surface area contributed by atoms with Crippen molar-refractivity contribution in [3.05, 3.63) is 68.7 Å². The second kappa shape index (κ2) is 7.46. The Labute approximate surface area is 159 Å². The average Bonchev–Trinajstić information content (AvgIpc) is 2.92. The topological polar surface area (TPSA) is 102 Å². The van der Waals surface area contributed by atoms with E-state index in [0.29, 0.717) is 5.69 Å². The molecule has 0 bridgehead atoms. The largest absolute Gasteiger partial charge is 0.487 e. The van der Waals surface area contributed by atoms with E-state index < -0.39 is 16.7 Å². The van der Waals surface area contributed by atoms with Crippen LogP contribution < -0.4 is 15.2 Å². The molecule has 0 aliphatic carbocycles. The number of para-hydroxylation sites is 1. The molecule has 27 heavy (non-hydrogen) atoms. The zero-order valence-corrected chi connectivity index (χ0v) is 14.9. The summed E-state index contributed by atoms with van der Waals surface area (Å²) in [6.45, 7) is 1.83. The predicted octanol–water partition coefficient (Wildman–Crippen LogP) is 3.11. The molecule has 9 heteroatoms. The third kappa shape index (κ3) is 3.61. The van der Waals surface area contributed by atoms with Crippen LogP contribution in [0, 0.1) is 10.1 Å². The molecule has 0 radical (unpaired) electrons. The molecule has 1 saturated heterocycles. The van der Waals surface area contributed by atoms with Crippen LogP contribution in [0.15, 0.2) is 48.0 Å². The van der Waals surface area contributed by atoms with E-state index in [9.17, 15) is 19.7 Å². The van der Waals surface area contributed by atoms with Gasteiger partial charge in [0.15, 0.2) is 0 Å². The maximum Gasteiger partial charge on any atom is 0.313 e. The molecule has 1 aliphatic rings. The molecule has 138 valence electrons. The Morgan fingerprint density at radius 2 is 1.96 bits per heavy atom. The van der Waals surface area contributed by atoms with E-state index in [1.54, 1.807) is 37.3 Å². The molecule has 8 nitrogen and oxygen atoms in total. The van der Waals surface area contributed by atoms with Gasteiger partial charge in [-0.15, -0.1) is 0 Å². The Balaban J connectivity index is 2.07. The van der Waals surface area contributed by atoms with Crippen LogP contribution in [0.3, 0.4) is 0 Å². The highest BCUT2D eigenvalue weighted by molar-refractivity contribution is 6.32. The maximum absolute atomic E-state index is 12.7. The van der Waals surface area contributed by atoms with Crippen LogP contribution in [0.25, 0.3) is 6.08 Å². The van der Waals surface area contributed by atoms with Crippen molar-refractivity contribution in [1.29, 1.82) is 0 Å². The fourth-order valence-electron chi connectivity index (χ4n) is 2.62. The summed E-state index contributed by atoms with van der Waals surface area (Å²) in [5.74, 6) is -1.27. The first-order chi connectivity index (χ1) is 12.9. The number of carbonyl (C=O) groups excluding carboxylic acids is 2. The molecule has 3 rings (SSSR count). The lowest BCUT2D eigenvalue weighted by Crippen LogP contribution is -2.35. The Hall–Kier alpha value is -3.39. The van der Waals surface area contributed by atoms with E-state index in [4.69, 9.17) is 16.3 Å². The smallest absolute Gasteiger partial charge is 0.313 e. The van der Waals surface area contributed by atoms with E-state index >= 15 is 0 Å². The minimum absolute atomic E-state index is 0.0573. The highest BCUT2D eigenvalue weighted by Crippen LogP contribution is 2.36. The number of halogens is 1. The zero-order valence-electron chi connectivity index (χ0n) is 14.1. The summed E-state index contributed by atoms with van der Waals surface area (Å²) < 4.78 is 5.38. The summed E-state index contributed by atoms with van der Waals surface area (Å²) in [6.07, 6.45) is 1.24. The van der Waals surface area contributed by atoms with E-state index in [0.717, 1.165) is 11.1 Å². The number of amides is 2. The second-order valence-corrected chi connectivity index (χ2v) is 5.94. The molecule has 0 aromatic heterocycles. The first-order valence-electron chi connectivity index (χ1n) is 7.95. The van der Waals surface area contributed by atoms with Crippen LogP contribution in [0.1, 0.15) is 12.5 Å². The van der Waals surface area contributed by atoms with Crippen molar-refractivity contribution in [3.63, 3.8) is 0 Å². The molecule has 0 spiro atoms. The number of ether oxygens (including phenoxy) is 1. The van der Waals surface area contributed by atoms with E-state index in [-0.39, 0.29) is 34.2 Å². The van der Waals surface area contributed by atoms with Crippen LogP contribution in [0.5, 0.6) is 5.75 Å². The van der Waals surface area contributed by atoms with Crippen LogP contribution in [0.2, 0.25) is 5.02 Å². The van der Waals surface area contributed by atoms with Gasteiger partial charge < -0.3 is 4.74 Å². The third-order valence-corrected chi connectivity index (χ3v) is 3.97. The van der Waals surface area contributed by atoms with Crippen molar-refractivity contribution >= 4 is 40.9 Å². The summed E-state index contributed by atoms with van der Waals surface area (Å²) in [6, 6.07) is 11.1. The number of rotatable bonds is 5. The molecule has 2 aromatic carbocycles. The van der Waals surface area contributed by atoms with Crippen molar-refractivity contribution in [2.75, 3.05) is 11.6 Å². The van der Waals surface area contributed by atoms with Crippen molar-refractivity contribution in [3.8, 4) is 5.75 Å². The number of nitro benzene ring substituents is 1. The molecule has 2 aromatic rings. The summed E-state index contributed by atoms with van der Waals surface area (Å²) in [5.41, 5.74) is 2.59. The first kappa shape index (κ1) is 18.4. The molecular formula is C18H14ClN3O5. The van der Waals surface area contributed by atoms with Gasteiger partial charge in [0.2, 0.25) is 5.75 Å². The van der Waals surface area contributed by atoms with Crippen LogP contribution in [0.4, 0.5) is 11.4 Å². The van der Waals surface area contributed by atoms with Gasteiger partial charge in [-0.2, -0.15) is 0 Å². The molecule has 0 atom stereocenters. The van der Waals surface area contributed by atoms with Gasteiger partial charge in [0.25, 0.3) is 11.8 Å². The maximum atomic E-state index is 12.7. The Morgan fingerprint density at radius 1 is 1.26 bits per heavy atom. The normalized spacial score (nSPS) is 15.2. The molecule has 1 N–H and O–H groups in total. The fourth-order valence-corrected chi connectivity index (χ4v) is 2.84. The average molecular weight is 388 g/mol. The number of benzene rings is 2. The van der Waals surface area contributed by atoms with Crippen LogP contribution in [-0.4, -0.2) is 23.3 Å². The number of nitrogens with zero attached hydrogens (tertiary/aromatic N) is 2. The second-order valence-electron chi connectivity index (χ2n) is 5.51. The van der Waals surface area contributed by atoms with Crippen molar-refractivity contribution in [2.45, 2.75) is 6.92 Å². The zero-order chi connectivity index (χ0) is 19.6. The van der Waals surface area contributed by atoms with Gasteiger partial charge in [0, 0.05) is 16.7 Å². The SMILES string of the molecule is CCOc1c(/C=C2/C(=O)NN(c3ccccc3)C2=O)cc(Cl)cc1[N+](=O)[O-]. The van der Waals surface area contributed by atoms with Gasteiger partial charge in [0.05, 0.1) is 17.2 Å². The van der Waals surface area contributed by atoms with E-state index in [1.165, 1.54) is 12.1 Å². The van der Waals surface area contributed by atoms with E-state index in [2.05, 4.69) is 5.43 Å². The third-order valence-electron chi connectivity index (χ3n) is 3.75. The van der Waals surface area contributed by atoms with Gasteiger partial charge in [-0.3, -0.25) is 25.1 Å². The van der Waals surface area contributed by atoms with Gasteiger partial charge in [-0.25, -0.2) is 5.01 Å². The van der Waals surface area contributed by atoms with Crippen molar-refractivity contribution < 1.29 is 19.2 Å². The van der Waals surface area contributed by atoms with Gasteiger partial charge >= 0.3 is 5.69 Å². The number of nitro groups is 1. The minimum Gasteiger partial charge on any atom is -0.487 e. The predicted molar refractivity (Wildman–Crippen MR) is 99.3 cm³/mol. The van der Waals surface area contributed by atoms with Gasteiger partial charge in [-0.05, 0) is 31.2 Å². The Bertz CT molecular complexity index is 959. The lowest BCUT2D eigenvalue weighted by Gasteiger charge is -2.14. The Morgan fingerprint density at radius 3 is 2.59 bits per heavy atom. The number of carbonyl (C=O) groups is 2. The summed E-state index contributed by atoms with van der Waals surface area (Å²) in [7, 11) is 0. The number of hydrogen-bond acceptors (Lipinski definition) is 5. The first-order valence-corrected chi connectivity index (χ1v) is 8.33. The molecule has 2 amide bonds. The highest BCUT2D eigenvalue weighted by Gasteiger charge is 2.35. The van der Waals surface area contributed by atoms with Crippen molar-refractivity contribution in [1.82, 2.24) is 5.43 Å². The number of nitrogens with one attached hydrogen (secondary N) is 1. The lowest BCUT2D eigenvalue weighted by atomic mass is 10.1.